The van der Waals surface area contributed by atoms with Gasteiger partial charge in [-0.25, -0.2) is 0 Å². The van der Waals surface area contributed by atoms with Crippen molar-refractivity contribution in [2.45, 2.75) is 19.3 Å². The Morgan fingerprint density at radius 2 is 1.89 bits per heavy atom. The largest absolute Gasteiger partial charge is 0.326 e. The van der Waals surface area contributed by atoms with Crippen molar-refractivity contribution in [3.05, 3.63) is 59.8 Å². The van der Waals surface area contributed by atoms with Gasteiger partial charge in [0.05, 0.1) is 5.69 Å². The third-order valence-electron chi connectivity index (χ3n) is 5.69. The highest BCUT2D eigenvalue weighted by molar-refractivity contribution is 6.25. The van der Waals surface area contributed by atoms with Crippen LogP contribution in [0.4, 0.5) is 5.69 Å². The van der Waals surface area contributed by atoms with Crippen molar-refractivity contribution in [1.82, 2.24) is 9.88 Å². The summed E-state index contributed by atoms with van der Waals surface area (Å²) in [5, 5.41) is 4.87. The molecule has 1 aliphatic heterocycles. The highest BCUT2D eigenvalue weighted by atomic mass is 16.1. The number of ketones is 1. The number of nitrogens with one attached hydrogen (secondary N) is 1. The second-order valence-corrected chi connectivity index (χ2v) is 7.50. The zero-order valence-corrected chi connectivity index (χ0v) is 15.6. The van der Waals surface area contributed by atoms with Crippen molar-refractivity contribution >= 4 is 28.2 Å². The Labute approximate surface area is 163 Å². The molecule has 1 aliphatic carbocycles. The molecular weight excluding hydrogens is 350 g/mol. The van der Waals surface area contributed by atoms with Crippen LogP contribution in [0.5, 0.6) is 0 Å². The summed E-state index contributed by atoms with van der Waals surface area (Å²) in [4.78, 5) is 32.3. The van der Waals surface area contributed by atoms with E-state index in [2.05, 4.69) is 15.2 Å². The van der Waals surface area contributed by atoms with Crippen molar-refractivity contribution in [1.29, 1.82) is 0 Å². The van der Waals surface area contributed by atoms with Crippen molar-refractivity contribution in [2.75, 3.05) is 25.0 Å². The summed E-state index contributed by atoms with van der Waals surface area (Å²) in [6.45, 7) is 2.95. The molecule has 140 valence electrons. The maximum absolute atomic E-state index is 13.1. The first kappa shape index (κ1) is 17.1. The average Bonchev–Trinajstić information content (AvgIpc) is 3.24. The molecule has 1 fully saturated rings. The molecule has 0 saturated carbocycles. The van der Waals surface area contributed by atoms with Crippen molar-refractivity contribution in [2.24, 2.45) is 0 Å². The quantitative estimate of drug-likeness (QED) is 0.591. The molecule has 5 heteroatoms. The van der Waals surface area contributed by atoms with Crippen LogP contribution in [-0.2, 0) is 4.79 Å². The summed E-state index contributed by atoms with van der Waals surface area (Å²) in [5.41, 5.74) is 3.57. The monoisotopic (exact) mass is 371 g/mol. The molecule has 1 saturated heterocycles. The Hall–Kier alpha value is -3.05. The standard InChI is InChI=1S/C23H21N3O2/c27-20(9-13-26-11-1-2-12-26)25-16-6-7-17-19(14-16)23(28)18-5-3-4-15-8-10-24-22(17)21(15)18/h3-8,10,14H,1-2,9,11-13H2,(H,25,27). The van der Waals surface area contributed by atoms with E-state index >= 15 is 0 Å². The Morgan fingerprint density at radius 3 is 2.75 bits per heavy atom. The van der Waals surface area contributed by atoms with Gasteiger partial charge in [-0.15, -0.1) is 0 Å². The van der Waals surface area contributed by atoms with Crippen LogP contribution in [0.25, 0.3) is 22.0 Å². The number of likely N-dealkylation sites (tertiary alicyclic amines) is 1. The SMILES string of the molecule is O=C(CCN1CCCC1)Nc1ccc2c(c1)C(=O)c1cccc3ccnc-2c13. The molecule has 1 amide bonds. The van der Waals surface area contributed by atoms with E-state index in [9.17, 15) is 9.59 Å². The second kappa shape index (κ2) is 6.84. The lowest BCUT2D eigenvalue weighted by molar-refractivity contribution is -0.116. The molecule has 0 radical (unpaired) electrons. The minimum Gasteiger partial charge on any atom is -0.326 e. The first-order valence-electron chi connectivity index (χ1n) is 9.80. The van der Waals surface area contributed by atoms with Crippen LogP contribution in [0.1, 0.15) is 35.2 Å². The van der Waals surface area contributed by atoms with Crippen LogP contribution in [0, 0.1) is 0 Å². The summed E-state index contributed by atoms with van der Waals surface area (Å²) in [6.07, 6.45) is 4.68. The van der Waals surface area contributed by atoms with Crippen LogP contribution in [-0.4, -0.2) is 41.2 Å². The van der Waals surface area contributed by atoms with Crippen molar-refractivity contribution < 1.29 is 9.59 Å². The predicted octanol–water partition coefficient (Wildman–Crippen LogP) is 3.87. The highest BCUT2D eigenvalue weighted by Crippen LogP contribution is 2.38. The number of rotatable bonds is 4. The highest BCUT2D eigenvalue weighted by Gasteiger charge is 2.26. The van der Waals surface area contributed by atoms with E-state index in [1.54, 1.807) is 12.3 Å². The van der Waals surface area contributed by atoms with Crippen LogP contribution in [0.2, 0.25) is 0 Å². The maximum atomic E-state index is 13.1. The van der Waals surface area contributed by atoms with E-state index in [1.807, 2.05) is 36.4 Å². The minimum absolute atomic E-state index is 0.0178. The molecule has 2 aliphatic rings. The number of carbonyl (C=O) groups excluding carboxylic acids is 2. The number of hydrogen-bond donors (Lipinski definition) is 1. The number of pyridine rings is 1. The number of hydrogen-bond acceptors (Lipinski definition) is 4. The molecule has 3 aromatic rings. The molecular formula is C23H21N3O2. The van der Waals surface area contributed by atoms with Gasteiger partial charge in [0.1, 0.15) is 0 Å². The molecule has 1 N–H and O–H groups in total. The molecule has 0 atom stereocenters. The van der Waals surface area contributed by atoms with Gasteiger partial charge in [0.15, 0.2) is 5.78 Å². The fraction of sp³-hybridized carbons (Fsp3) is 0.261. The molecule has 2 heterocycles. The third-order valence-corrected chi connectivity index (χ3v) is 5.69. The van der Waals surface area contributed by atoms with E-state index in [0.29, 0.717) is 23.2 Å². The Morgan fingerprint density at radius 1 is 1.04 bits per heavy atom. The minimum atomic E-state index is -0.0192. The van der Waals surface area contributed by atoms with Crippen molar-refractivity contribution in [3.63, 3.8) is 0 Å². The lowest BCUT2D eigenvalue weighted by Gasteiger charge is -2.20. The zero-order valence-electron chi connectivity index (χ0n) is 15.6. The van der Waals surface area contributed by atoms with E-state index in [1.165, 1.54) is 12.8 Å². The van der Waals surface area contributed by atoms with Crippen LogP contribution >= 0.6 is 0 Å². The summed E-state index contributed by atoms with van der Waals surface area (Å²) in [6, 6.07) is 13.2. The summed E-state index contributed by atoms with van der Waals surface area (Å²) >= 11 is 0. The summed E-state index contributed by atoms with van der Waals surface area (Å²) in [7, 11) is 0. The molecule has 0 bridgehead atoms. The molecule has 1 aromatic heterocycles. The predicted molar refractivity (Wildman–Crippen MR) is 110 cm³/mol. The first-order valence-corrected chi connectivity index (χ1v) is 9.80. The zero-order chi connectivity index (χ0) is 19.1. The third kappa shape index (κ3) is 2.88. The van der Waals surface area contributed by atoms with Gasteiger partial charge in [-0.1, -0.05) is 18.2 Å². The van der Waals surface area contributed by atoms with Gasteiger partial charge in [-0.2, -0.15) is 0 Å². The number of anilines is 1. The van der Waals surface area contributed by atoms with Gasteiger partial charge in [-0.05, 0) is 55.6 Å². The molecule has 5 rings (SSSR count). The first-order chi connectivity index (χ1) is 13.7. The van der Waals surface area contributed by atoms with Crippen molar-refractivity contribution in [3.8, 4) is 11.3 Å². The van der Waals surface area contributed by atoms with Gasteiger partial charge < -0.3 is 10.2 Å². The maximum Gasteiger partial charge on any atom is 0.225 e. The van der Waals surface area contributed by atoms with E-state index in [4.69, 9.17) is 0 Å². The molecule has 28 heavy (non-hydrogen) atoms. The van der Waals surface area contributed by atoms with E-state index in [-0.39, 0.29) is 11.7 Å². The molecule has 0 spiro atoms. The van der Waals surface area contributed by atoms with Gasteiger partial charge in [0.2, 0.25) is 5.91 Å². The Bertz CT molecular complexity index is 1090. The van der Waals surface area contributed by atoms with Crippen LogP contribution in [0.3, 0.4) is 0 Å². The number of nitrogens with zero attached hydrogens (tertiary/aromatic N) is 2. The number of amides is 1. The lowest BCUT2D eigenvalue weighted by Crippen LogP contribution is -2.25. The fourth-order valence-corrected chi connectivity index (χ4v) is 4.27. The van der Waals surface area contributed by atoms with E-state index in [0.717, 1.165) is 41.7 Å². The lowest BCUT2D eigenvalue weighted by atomic mass is 9.85. The average molecular weight is 371 g/mol. The molecule has 0 unspecified atom stereocenters. The van der Waals surface area contributed by atoms with Gasteiger partial charge >= 0.3 is 0 Å². The number of benzene rings is 2. The van der Waals surface area contributed by atoms with Gasteiger partial charge in [0.25, 0.3) is 0 Å². The number of aromatic nitrogens is 1. The van der Waals surface area contributed by atoms with Gasteiger partial charge in [-0.3, -0.25) is 14.6 Å². The van der Waals surface area contributed by atoms with Crippen LogP contribution in [0.15, 0.2) is 48.7 Å². The van der Waals surface area contributed by atoms with Crippen LogP contribution < -0.4 is 5.32 Å². The fourth-order valence-electron chi connectivity index (χ4n) is 4.27. The van der Waals surface area contributed by atoms with E-state index < -0.39 is 0 Å². The topological polar surface area (TPSA) is 62.3 Å². The Kier molecular flexibility index (Phi) is 4.17. The molecule has 2 aromatic carbocycles. The van der Waals surface area contributed by atoms with Gasteiger partial charge in [0, 0.05) is 46.9 Å². The summed E-state index contributed by atoms with van der Waals surface area (Å²) < 4.78 is 0. The Balaban J connectivity index is 1.42. The number of fused-ring (bicyclic) bond motifs is 2. The second-order valence-electron chi connectivity index (χ2n) is 7.50. The summed E-state index contributed by atoms with van der Waals surface area (Å²) in [5.74, 6) is -0.0370. The normalized spacial score (nSPS) is 15.6. The molecule has 5 nitrogen and oxygen atoms in total. The number of carbonyl (C=O) groups is 2. The smallest absolute Gasteiger partial charge is 0.225 e.